The molecule has 138 valence electrons. The highest BCUT2D eigenvalue weighted by molar-refractivity contribution is 7.98. The molecule has 0 radical (unpaired) electrons. The number of thioether (sulfide) groups is 1. The van der Waals surface area contributed by atoms with Crippen LogP contribution in [0.4, 0.5) is 17.6 Å². The van der Waals surface area contributed by atoms with Crippen LogP contribution in [-0.2, 0) is 6.18 Å². The third kappa shape index (κ3) is 3.44. The molecule has 2 aromatic carbocycles. The molecule has 0 aliphatic heterocycles. The molecule has 0 amide bonds. The van der Waals surface area contributed by atoms with Gasteiger partial charge in [0.1, 0.15) is 16.5 Å². The Kier molecular flexibility index (Phi) is 4.43. The van der Waals surface area contributed by atoms with E-state index in [1.807, 2.05) is 18.4 Å². The molecule has 0 saturated heterocycles. The number of aromatic nitrogens is 3. The van der Waals surface area contributed by atoms with Crippen LogP contribution in [0.2, 0.25) is 0 Å². The van der Waals surface area contributed by atoms with Crippen molar-refractivity contribution in [2.24, 2.45) is 0 Å². The molecule has 0 aliphatic rings. The Balaban J connectivity index is 1.90. The molecule has 27 heavy (non-hydrogen) atoms. The van der Waals surface area contributed by atoms with Crippen molar-refractivity contribution in [3.8, 4) is 16.4 Å². The molecule has 3 nitrogen and oxygen atoms in total. The Morgan fingerprint density at radius 2 is 1.78 bits per heavy atom. The molecule has 0 atom stereocenters. The molecule has 0 unspecified atom stereocenters. The van der Waals surface area contributed by atoms with Crippen LogP contribution in [-0.4, -0.2) is 21.0 Å². The molecule has 9 heteroatoms. The first-order valence-electron chi connectivity index (χ1n) is 7.73. The molecule has 0 saturated carbocycles. The summed E-state index contributed by atoms with van der Waals surface area (Å²) < 4.78 is 55.1. The fraction of sp³-hybridized carbons (Fsp3) is 0.111. The number of rotatable bonds is 3. The number of fused-ring (bicyclic) bond motifs is 1. The zero-order valence-electron chi connectivity index (χ0n) is 13.8. The van der Waals surface area contributed by atoms with E-state index in [4.69, 9.17) is 0 Å². The molecule has 4 rings (SSSR count). The van der Waals surface area contributed by atoms with E-state index >= 15 is 0 Å². The summed E-state index contributed by atoms with van der Waals surface area (Å²) in [6, 6.07) is 12.1. The summed E-state index contributed by atoms with van der Waals surface area (Å²) in [5, 5.41) is 4.09. The highest BCUT2D eigenvalue weighted by atomic mass is 32.2. The Labute approximate surface area is 159 Å². The van der Waals surface area contributed by atoms with Gasteiger partial charge in [-0.2, -0.15) is 18.3 Å². The molecule has 4 aromatic rings. The van der Waals surface area contributed by atoms with Crippen LogP contribution in [0.15, 0.2) is 53.4 Å². The summed E-state index contributed by atoms with van der Waals surface area (Å²) >= 11 is 2.72. The Morgan fingerprint density at radius 1 is 1.04 bits per heavy atom. The molecule has 0 aliphatic carbocycles. The van der Waals surface area contributed by atoms with Crippen molar-refractivity contribution in [1.29, 1.82) is 0 Å². The number of hydrogen-bond donors (Lipinski definition) is 0. The predicted octanol–water partition coefficient (Wildman–Crippen LogP) is 6.03. The van der Waals surface area contributed by atoms with Crippen molar-refractivity contribution in [3.05, 3.63) is 60.0 Å². The molecule has 0 fully saturated rings. The van der Waals surface area contributed by atoms with E-state index in [0.717, 1.165) is 11.0 Å². The topological polar surface area (TPSA) is 30.7 Å². The molecule has 0 bridgehead atoms. The molecule has 0 spiro atoms. The standard InChI is InChI=1S/C18H11F4N3S2/c1-26-12-5-3-11(4-6-12)25-14(9-16(24-25)18(20,21)22)17-23-13-8-10(19)2-7-15(13)27-17/h2-9H,1H3. The highest BCUT2D eigenvalue weighted by Crippen LogP contribution is 2.36. The minimum Gasteiger partial charge on any atom is -0.234 e. The number of alkyl halides is 3. The van der Waals surface area contributed by atoms with Crippen molar-refractivity contribution in [1.82, 2.24) is 14.8 Å². The van der Waals surface area contributed by atoms with Crippen LogP contribution in [0, 0.1) is 5.82 Å². The monoisotopic (exact) mass is 409 g/mol. The molecule has 0 N–H and O–H groups in total. The lowest BCUT2D eigenvalue weighted by molar-refractivity contribution is -0.141. The van der Waals surface area contributed by atoms with E-state index in [1.165, 1.54) is 39.9 Å². The fourth-order valence-corrected chi connectivity index (χ4v) is 3.96. The van der Waals surface area contributed by atoms with Crippen molar-refractivity contribution in [2.45, 2.75) is 11.1 Å². The molecule has 2 aromatic heterocycles. The number of benzene rings is 2. The van der Waals surface area contributed by atoms with Gasteiger partial charge in [0, 0.05) is 11.0 Å². The SMILES string of the molecule is CSc1ccc(-n2nc(C(F)(F)F)cc2-c2nc3cc(F)ccc3s2)cc1. The lowest BCUT2D eigenvalue weighted by atomic mass is 10.3. The van der Waals surface area contributed by atoms with Crippen LogP contribution in [0.25, 0.3) is 26.6 Å². The fourth-order valence-electron chi connectivity index (χ4n) is 2.60. The van der Waals surface area contributed by atoms with Gasteiger partial charge in [0.2, 0.25) is 0 Å². The number of halogens is 4. The molecule has 2 heterocycles. The molecular formula is C18H11F4N3S2. The smallest absolute Gasteiger partial charge is 0.234 e. The highest BCUT2D eigenvalue weighted by Gasteiger charge is 2.35. The van der Waals surface area contributed by atoms with E-state index in [-0.39, 0.29) is 5.69 Å². The Morgan fingerprint density at radius 3 is 2.44 bits per heavy atom. The van der Waals surface area contributed by atoms with Crippen molar-refractivity contribution >= 4 is 33.3 Å². The van der Waals surface area contributed by atoms with E-state index in [0.29, 0.717) is 20.9 Å². The van der Waals surface area contributed by atoms with Gasteiger partial charge in [-0.05, 0) is 48.7 Å². The minimum atomic E-state index is -4.58. The van der Waals surface area contributed by atoms with Crippen molar-refractivity contribution in [3.63, 3.8) is 0 Å². The summed E-state index contributed by atoms with van der Waals surface area (Å²) in [5.41, 5.74) is 0.0930. The second kappa shape index (κ2) is 6.65. The average molecular weight is 409 g/mol. The largest absolute Gasteiger partial charge is 0.435 e. The Bertz CT molecular complexity index is 1110. The van der Waals surface area contributed by atoms with Gasteiger partial charge >= 0.3 is 6.18 Å². The summed E-state index contributed by atoms with van der Waals surface area (Å²) in [7, 11) is 0. The zero-order chi connectivity index (χ0) is 19.2. The maximum Gasteiger partial charge on any atom is 0.435 e. The van der Waals surface area contributed by atoms with E-state index in [9.17, 15) is 17.6 Å². The first-order valence-corrected chi connectivity index (χ1v) is 9.77. The maximum absolute atomic E-state index is 13.4. The molecular weight excluding hydrogens is 398 g/mol. The lowest BCUT2D eigenvalue weighted by Gasteiger charge is -2.06. The number of thiazole rings is 1. The van der Waals surface area contributed by atoms with Crippen LogP contribution in [0.5, 0.6) is 0 Å². The predicted molar refractivity (Wildman–Crippen MR) is 98.9 cm³/mol. The summed E-state index contributed by atoms with van der Waals surface area (Å²) in [6.07, 6.45) is -2.67. The van der Waals surface area contributed by atoms with Gasteiger partial charge in [0.15, 0.2) is 5.69 Å². The first-order chi connectivity index (χ1) is 12.8. The normalized spacial score (nSPS) is 12.0. The quantitative estimate of drug-likeness (QED) is 0.306. The van der Waals surface area contributed by atoms with Gasteiger partial charge in [-0.1, -0.05) is 0 Å². The zero-order valence-corrected chi connectivity index (χ0v) is 15.4. The maximum atomic E-state index is 13.4. The summed E-state index contributed by atoms with van der Waals surface area (Å²) in [4.78, 5) is 5.29. The van der Waals surface area contributed by atoms with Crippen molar-refractivity contribution < 1.29 is 17.6 Å². The van der Waals surface area contributed by atoms with E-state index in [1.54, 1.807) is 18.2 Å². The van der Waals surface area contributed by atoms with Gasteiger partial charge in [-0.25, -0.2) is 14.1 Å². The lowest BCUT2D eigenvalue weighted by Crippen LogP contribution is -2.07. The van der Waals surface area contributed by atoms with Crippen LogP contribution < -0.4 is 0 Å². The van der Waals surface area contributed by atoms with Crippen molar-refractivity contribution in [2.75, 3.05) is 6.26 Å². The second-order valence-corrected chi connectivity index (χ2v) is 7.56. The van der Waals surface area contributed by atoms with Gasteiger partial charge in [0.25, 0.3) is 0 Å². The van der Waals surface area contributed by atoms with Crippen LogP contribution in [0.3, 0.4) is 0 Å². The second-order valence-electron chi connectivity index (χ2n) is 5.65. The first kappa shape index (κ1) is 18.0. The Hall–Kier alpha value is -2.39. The number of nitrogens with zero attached hydrogens (tertiary/aromatic N) is 3. The van der Waals surface area contributed by atoms with Crippen LogP contribution >= 0.6 is 23.1 Å². The van der Waals surface area contributed by atoms with Gasteiger partial charge < -0.3 is 0 Å². The minimum absolute atomic E-state index is 0.209. The average Bonchev–Trinajstić information content (AvgIpc) is 3.25. The number of hydrogen-bond acceptors (Lipinski definition) is 4. The van der Waals surface area contributed by atoms with Gasteiger partial charge in [0.05, 0.1) is 15.9 Å². The van der Waals surface area contributed by atoms with E-state index in [2.05, 4.69) is 10.1 Å². The third-order valence-electron chi connectivity index (χ3n) is 3.89. The van der Waals surface area contributed by atoms with Gasteiger partial charge in [-0.15, -0.1) is 23.1 Å². The van der Waals surface area contributed by atoms with E-state index < -0.39 is 17.7 Å². The van der Waals surface area contributed by atoms with Crippen LogP contribution in [0.1, 0.15) is 5.69 Å². The van der Waals surface area contributed by atoms with Gasteiger partial charge in [-0.3, -0.25) is 0 Å². The third-order valence-corrected chi connectivity index (χ3v) is 5.69. The summed E-state index contributed by atoms with van der Waals surface area (Å²) in [5.74, 6) is -0.448. The summed E-state index contributed by atoms with van der Waals surface area (Å²) in [6.45, 7) is 0.